The lowest BCUT2D eigenvalue weighted by Gasteiger charge is -2.10. The number of aromatic amines is 1. The maximum absolute atomic E-state index is 5.79. The van der Waals surface area contributed by atoms with Crippen LogP contribution in [-0.2, 0) is 19.3 Å². The summed E-state index contributed by atoms with van der Waals surface area (Å²) in [5.41, 5.74) is 10.4. The van der Waals surface area contributed by atoms with Crippen LogP contribution >= 0.6 is 0 Å². The smallest absolute Gasteiger partial charge is 0.0662 e. The zero-order chi connectivity index (χ0) is 9.60. The second-order valence-electron chi connectivity index (χ2n) is 4.86. The average Bonchev–Trinajstić information content (AvgIpc) is 2.66. The van der Waals surface area contributed by atoms with Crippen molar-refractivity contribution < 1.29 is 0 Å². The molecule has 0 saturated heterocycles. The zero-order valence-corrected chi connectivity index (χ0v) is 8.47. The molecule has 0 aliphatic heterocycles. The number of hydrogen-bond acceptors (Lipinski definition) is 2. The van der Waals surface area contributed by atoms with Crippen LogP contribution in [0.4, 0.5) is 0 Å². The Kier molecular flexibility index (Phi) is 1.71. The molecule has 1 aromatic rings. The van der Waals surface area contributed by atoms with Gasteiger partial charge >= 0.3 is 0 Å². The van der Waals surface area contributed by atoms with Gasteiger partial charge in [-0.25, -0.2) is 0 Å². The Bertz CT molecular complexity index is 349. The molecule has 3 heteroatoms. The average molecular weight is 191 g/mol. The van der Waals surface area contributed by atoms with Crippen LogP contribution in [0.5, 0.6) is 0 Å². The Morgan fingerprint density at radius 3 is 2.93 bits per heavy atom. The molecule has 0 radical (unpaired) electrons. The van der Waals surface area contributed by atoms with E-state index in [1.807, 2.05) is 0 Å². The van der Waals surface area contributed by atoms with Crippen molar-refractivity contribution >= 4 is 0 Å². The SMILES string of the molecule is NCC1(Cc2n[nH]c3c2CCC3)CC1. The van der Waals surface area contributed by atoms with E-state index >= 15 is 0 Å². The van der Waals surface area contributed by atoms with Gasteiger partial charge in [-0.15, -0.1) is 0 Å². The van der Waals surface area contributed by atoms with Crippen LogP contribution in [0.3, 0.4) is 0 Å². The van der Waals surface area contributed by atoms with Crippen LogP contribution in [-0.4, -0.2) is 16.7 Å². The summed E-state index contributed by atoms with van der Waals surface area (Å²) >= 11 is 0. The fraction of sp³-hybridized carbons (Fsp3) is 0.727. The number of nitrogens with one attached hydrogen (secondary N) is 1. The molecule has 76 valence electrons. The van der Waals surface area contributed by atoms with Crippen molar-refractivity contribution in [2.24, 2.45) is 11.1 Å². The van der Waals surface area contributed by atoms with Crippen molar-refractivity contribution in [3.8, 4) is 0 Å². The Labute approximate surface area is 84.1 Å². The Balaban J connectivity index is 1.83. The maximum Gasteiger partial charge on any atom is 0.0662 e. The molecular formula is C11H17N3. The van der Waals surface area contributed by atoms with Gasteiger partial charge < -0.3 is 5.73 Å². The molecular weight excluding hydrogens is 174 g/mol. The molecule has 3 rings (SSSR count). The van der Waals surface area contributed by atoms with E-state index in [4.69, 9.17) is 5.73 Å². The first-order chi connectivity index (χ1) is 6.83. The highest BCUT2D eigenvalue weighted by molar-refractivity contribution is 5.31. The van der Waals surface area contributed by atoms with Gasteiger partial charge in [-0.05, 0) is 56.0 Å². The minimum Gasteiger partial charge on any atom is -0.330 e. The summed E-state index contributed by atoms with van der Waals surface area (Å²) in [7, 11) is 0. The van der Waals surface area contributed by atoms with Crippen molar-refractivity contribution in [2.75, 3.05) is 6.54 Å². The van der Waals surface area contributed by atoms with E-state index in [1.54, 1.807) is 0 Å². The van der Waals surface area contributed by atoms with Crippen LogP contribution in [0.2, 0.25) is 0 Å². The molecule has 0 spiro atoms. The number of aryl methyl sites for hydroxylation is 1. The summed E-state index contributed by atoms with van der Waals surface area (Å²) in [5.74, 6) is 0. The standard InChI is InChI=1S/C11H17N3/c12-7-11(4-5-11)6-10-8-2-1-3-9(8)13-14-10/h1-7,12H2,(H,13,14). The highest BCUT2D eigenvalue weighted by Gasteiger charge is 2.42. The van der Waals surface area contributed by atoms with Crippen LogP contribution in [0, 0.1) is 5.41 Å². The zero-order valence-electron chi connectivity index (χ0n) is 8.47. The van der Waals surface area contributed by atoms with Crippen molar-refractivity contribution in [3.63, 3.8) is 0 Å². The molecule has 0 atom stereocenters. The summed E-state index contributed by atoms with van der Waals surface area (Å²) in [6.45, 7) is 0.828. The molecule has 3 nitrogen and oxygen atoms in total. The van der Waals surface area contributed by atoms with E-state index in [0.29, 0.717) is 5.41 Å². The molecule has 0 amide bonds. The lowest BCUT2D eigenvalue weighted by molar-refractivity contribution is 0.511. The monoisotopic (exact) mass is 191 g/mol. The predicted molar refractivity (Wildman–Crippen MR) is 55.0 cm³/mol. The third-order valence-electron chi connectivity index (χ3n) is 3.82. The van der Waals surface area contributed by atoms with Crippen molar-refractivity contribution in [2.45, 2.75) is 38.5 Å². The van der Waals surface area contributed by atoms with E-state index in [1.165, 1.54) is 49.1 Å². The molecule has 0 bridgehead atoms. The van der Waals surface area contributed by atoms with Gasteiger partial charge in [-0.3, -0.25) is 5.10 Å². The van der Waals surface area contributed by atoms with E-state index in [2.05, 4.69) is 10.2 Å². The first-order valence-electron chi connectivity index (χ1n) is 5.58. The molecule has 0 aromatic carbocycles. The summed E-state index contributed by atoms with van der Waals surface area (Å²) in [4.78, 5) is 0. The summed E-state index contributed by atoms with van der Waals surface area (Å²) in [6, 6.07) is 0. The molecule has 2 aliphatic rings. The molecule has 2 aliphatic carbocycles. The van der Waals surface area contributed by atoms with Gasteiger partial charge in [0.25, 0.3) is 0 Å². The summed E-state index contributed by atoms with van der Waals surface area (Å²) in [5, 5.41) is 7.60. The second-order valence-corrected chi connectivity index (χ2v) is 4.86. The van der Waals surface area contributed by atoms with E-state index in [9.17, 15) is 0 Å². The number of fused-ring (bicyclic) bond motifs is 1. The highest BCUT2D eigenvalue weighted by atomic mass is 15.1. The van der Waals surface area contributed by atoms with Gasteiger partial charge in [0.1, 0.15) is 0 Å². The van der Waals surface area contributed by atoms with Crippen LogP contribution in [0.25, 0.3) is 0 Å². The van der Waals surface area contributed by atoms with Crippen LogP contribution in [0.15, 0.2) is 0 Å². The van der Waals surface area contributed by atoms with E-state index in [-0.39, 0.29) is 0 Å². The van der Waals surface area contributed by atoms with Gasteiger partial charge in [0, 0.05) is 5.69 Å². The largest absolute Gasteiger partial charge is 0.330 e. The Morgan fingerprint density at radius 2 is 2.21 bits per heavy atom. The predicted octanol–water partition coefficient (Wildman–Crippen LogP) is 1.18. The van der Waals surface area contributed by atoms with Crippen LogP contribution in [0.1, 0.15) is 36.2 Å². The van der Waals surface area contributed by atoms with Gasteiger partial charge in [-0.1, -0.05) is 0 Å². The number of nitrogens with zero attached hydrogens (tertiary/aromatic N) is 1. The number of rotatable bonds is 3. The number of nitrogens with two attached hydrogens (primary N) is 1. The van der Waals surface area contributed by atoms with Crippen molar-refractivity contribution in [1.82, 2.24) is 10.2 Å². The number of aromatic nitrogens is 2. The van der Waals surface area contributed by atoms with Crippen molar-refractivity contribution in [1.29, 1.82) is 0 Å². The third kappa shape index (κ3) is 1.19. The highest BCUT2D eigenvalue weighted by Crippen LogP contribution is 2.47. The maximum atomic E-state index is 5.79. The fourth-order valence-corrected chi connectivity index (χ4v) is 2.52. The minimum atomic E-state index is 0.422. The van der Waals surface area contributed by atoms with Gasteiger partial charge in [0.2, 0.25) is 0 Å². The molecule has 1 aromatic heterocycles. The normalized spacial score (nSPS) is 22.4. The van der Waals surface area contributed by atoms with Gasteiger partial charge in [0.15, 0.2) is 0 Å². The summed E-state index contributed by atoms with van der Waals surface area (Å²) < 4.78 is 0. The van der Waals surface area contributed by atoms with Crippen molar-refractivity contribution in [3.05, 3.63) is 17.0 Å². The molecule has 3 N–H and O–H groups in total. The molecule has 0 unspecified atom stereocenters. The fourth-order valence-electron chi connectivity index (χ4n) is 2.52. The molecule has 14 heavy (non-hydrogen) atoms. The summed E-state index contributed by atoms with van der Waals surface area (Å²) in [6.07, 6.45) is 7.41. The first kappa shape index (κ1) is 8.48. The first-order valence-corrected chi connectivity index (χ1v) is 5.58. The Hall–Kier alpha value is -0.830. The lowest BCUT2D eigenvalue weighted by atomic mass is 9.98. The van der Waals surface area contributed by atoms with Gasteiger partial charge in [-0.2, -0.15) is 5.10 Å². The second kappa shape index (κ2) is 2.83. The quantitative estimate of drug-likeness (QED) is 0.753. The lowest BCUT2D eigenvalue weighted by Crippen LogP contribution is -2.18. The van der Waals surface area contributed by atoms with E-state index < -0.39 is 0 Å². The molecule has 1 heterocycles. The number of H-pyrrole nitrogens is 1. The molecule has 1 saturated carbocycles. The van der Waals surface area contributed by atoms with Gasteiger partial charge in [0.05, 0.1) is 5.69 Å². The topological polar surface area (TPSA) is 54.7 Å². The third-order valence-corrected chi connectivity index (χ3v) is 3.82. The van der Waals surface area contributed by atoms with Crippen LogP contribution < -0.4 is 5.73 Å². The van der Waals surface area contributed by atoms with E-state index in [0.717, 1.165) is 13.0 Å². The minimum absolute atomic E-state index is 0.422. The molecule has 1 fully saturated rings. The number of hydrogen-bond donors (Lipinski definition) is 2. The Morgan fingerprint density at radius 1 is 1.36 bits per heavy atom.